The third kappa shape index (κ3) is 4.08. The molecule has 0 bridgehead atoms. The third-order valence-electron chi connectivity index (χ3n) is 5.24. The molecule has 0 saturated carbocycles. The molecule has 4 rings (SSSR count). The van der Waals surface area contributed by atoms with Crippen molar-refractivity contribution in [3.63, 3.8) is 0 Å². The number of hydrogen-bond donors (Lipinski definition) is 0. The van der Waals surface area contributed by atoms with Crippen molar-refractivity contribution >= 4 is 11.3 Å². The maximum Gasteiger partial charge on any atom is 0.0841 e. The van der Waals surface area contributed by atoms with Gasteiger partial charge in [0.1, 0.15) is 0 Å². The molecule has 1 spiro atoms. The molecule has 0 aliphatic carbocycles. The van der Waals surface area contributed by atoms with Crippen molar-refractivity contribution in [3.05, 3.63) is 46.2 Å². The number of rotatable bonds is 5. The summed E-state index contributed by atoms with van der Waals surface area (Å²) in [6.07, 6.45) is 7.14. The van der Waals surface area contributed by atoms with Gasteiger partial charge >= 0.3 is 0 Å². The van der Waals surface area contributed by atoms with E-state index in [-0.39, 0.29) is 11.7 Å². The van der Waals surface area contributed by atoms with Gasteiger partial charge < -0.3 is 9.47 Å². The molecule has 2 aromatic heterocycles. The minimum Gasteiger partial charge on any atom is -0.371 e. The zero-order valence-corrected chi connectivity index (χ0v) is 15.5. The number of pyridine rings is 1. The highest BCUT2D eigenvalue weighted by atomic mass is 32.1. The summed E-state index contributed by atoms with van der Waals surface area (Å²) in [7, 11) is 0. The average molecular weight is 359 g/mol. The van der Waals surface area contributed by atoms with Gasteiger partial charge in [-0.1, -0.05) is 0 Å². The van der Waals surface area contributed by atoms with Gasteiger partial charge in [0.25, 0.3) is 0 Å². The smallest absolute Gasteiger partial charge is 0.0841 e. The molecule has 0 amide bonds. The van der Waals surface area contributed by atoms with Crippen LogP contribution >= 0.6 is 11.3 Å². The number of nitrogens with zero attached hydrogens (tertiary/aromatic N) is 3. The zero-order valence-electron chi connectivity index (χ0n) is 14.7. The fraction of sp³-hybridized carbons (Fsp3) is 0.579. The maximum absolute atomic E-state index is 6.27. The molecule has 0 unspecified atom stereocenters. The van der Waals surface area contributed by atoms with Crippen LogP contribution < -0.4 is 0 Å². The molecule has 0 N–H and O–H groups in total. The van der Waals surface area contributed by atoms with Crippen LogP contribution in [0.15, 0.2) is 30.0 Å². The molecule has 2 saturated heterocycles. The lowest BCUT2D eigenvalue weighted by atomic mass is 9.89. The Labute approximate surface area is 153 Å². The predicted octanol–water partition coefficient (Wildman–Crippen LogP) is 3.19. The SMILES string of the molecule is Cc1ncsc1CN1CCC[C@]2(C[C@@H](OCc3ccncc3)CO2)C1. The van der Waals surface area contributed by atoms with Gasteiger partial charge in [0.05, 0.1) is 36.1 Å². The number of ether oxygens (including phenoxy) is 2. The van der Waals surface area contributed by atoms with E-state index in [1.807, 2.05) is 30.0 Å². The average Bonchev–Trinajstić information content (AvgIpc) is 3.21. The molecule has 6 heteroatoms. The van der Waals surface area contributed by atoms with Crippen LogP contribution in [0, 0.1) is 6.92 Å². The third-order valence-corrected chi connectivity index (χ3v) is 6.16. The van der Waals surface area contributed by atoms with Crippen molar-refractivity contribution in [2.75, 3.05) is 19.7 Å². The van der Waals surface area contributed by atoms with Gasteiger partial charge in [0.15, 0.2) is 0 Å². The Hall–Kier alpha value is -1.34. The second kappa shape index (κ2) is 7.50. The molecular formula is C19H25N3O2S. The van der Waals surface area contributed by atoms with Gasteiger partial charge in [0, 0.05) is 36.8 Å². The molecule has 134 valence electrons. The Morgan fingerprint density at radius 3 is 3.08 bits per heavy atom. The topological polar surface area (TPSA) is 47.5 Å². The van der Waals surface area contributed by atoms with Crippen LogP contribution in [0.1, 0.15) is 35.4 Å². The fourth-order valence-electron chi connectivity index (χ4n) is 3.89. The fourth-order valence-corrected chi connectivity index (χ4v) is 4.71. The van der Waals surface area contributed by atoms with E-state index in [1.54, 1.807) is 11.3 Å². The molecule has 0 radical (unpaired) electrons. The molecular weight excluding hydrogens is 334 g/mol. The van der Waals surface area contributed by atoms with Crippen molar-refractivity contribution < 1.29 is 9.47 Å². The van der Waals surface area contributed by atoms with Crippen LogP contribution in [0.5, 0.6) is 0 Å². The van der Waals surface area contributed by atoms with Crippen molar-refractivity contribution in [3.8, 4) is 0 Å². The number of hydrogen-bond acceptors (Lipinski definition) is 6. The second-order valence-electron chi connectivity index (χ2n) is 7.16. The number of likely N-dealkylation sites (tertiary alicyclic amines) is 1. The highest BCUT2D eigenvalue weighted by Gasteiger charge is 2.43. The van der Waals surface area contributed by atoms with Gasteiger partial charge in [0.2, 0.25) is 0 Å². The minimum atomic E-state index is -0.0280. The Balaban J connectivity index is 1.32. The first kappa shape index (κ1) is 17.1. The van der Waals surface area contributed by atoms with Crippen LogP contribution in [-0.2, 0) is 22.6 Å². The van der Waals surface area contributed by atoms with Crippen LogP contribution in [0.25, 0.3) is 0 Å². The highest BCUT2D eigenvalue weighted by molar-refractivity contribution is 7.09. The molecule has 2 aliphatic rings. The lowest BCUT2D eigenvalue weighted by Crippen LogP contribution is -2.47. The van der Waals surface area contributed by atoms with Crippen molar-refractivity contribution in [1.82, 2.24) is 14.9 Å². The monoisotopic (exact) mass is 359 g/mol. The van der Waals surface area contributed by atoms with Crippen molar-refractivity contribution in [1.29, 1.82) is 0 Å². The summed E-state index contributed by atoms with van der Waals surface area (Å²) < 4.78 is 12.4. The van der Waals surface area contributed by atoms with Crippen LogP contribution in [0.2, 0.25) is 0 Å². The summed E-state index contributed by atoms with van der Waals surface area (Å²) in [5.41, 5.74) is 4.25. The first-order valence-corrected chi connectivity index (χ1v) is 9.86. The van der Waals surface area contributed by atoms with Gasteiger partial charge in [-0.05, 0) is 44.0 Å². The van der Waals surface area contributed by atoms with Crippen LogP contribution in [-0.4, -0.2) is 46.3 Å². The number of piperidine rings is 1. The van der Waals surface area contributed by atoms with Crippen LogP contribution in [0.4, 0.5) is 0 Å². The van der Waals surface area contributed by atoms with E-state index in [4.69, 9.17) is 9.47 Å². The van der Waals surface area contributed by atoms with Gasteiger partial charge in [-0.15, -0.1) is 11.3 Å². The standard InChI is InChI=1S/C19H25N3O2S/c1-15-18(25-14-21-15)10-22-8-2-5-19(13-22)9-17(12-24-19)23-11-16-3-6-20-7-4-16/h3-4,6-7,14,17H,2,5,8-13H2,1H3/t17-,19+/m1/s1. The van der Waals surface area contributed by atoms with E-state index in [0.717, 1.165) is 38.2 Å². The predicted molar refractivity (Wildman–Crippen MR) is 97.5 cm³/mol. The number of aryl methyl sites for hydroxylation is 1. The lowest BCUT2D eigenvalue weighted by Gasteiger charge is -2.39. The quantitative estimate of drug-likeness (QED) is 0.820. The molecule has 2 aromatic rings. The molecule has 0 aromatic carbocycles. The van der Waals surface area contributed by atoms with E-state index in [0.29, 0.717) is 13.2 Å². The Bertz CT molecular complexity index is 693. The lowest BCUT2D eigenvalue weighted by molar-refractivity contribution is -0.0546. The second-order valence-corrected chi connectivity index (χ2v) is 8.10. The summed E-state index contributed by atoms with van der Waals surface area (Å²) in [6.45, 7) is 6.57. The van der Waals surface area contributed by atoms with E-state index in [9.17, 15) is 0 Å². The van der Waals surface area contributed by atoms with E-state index < -0.39 is 0 Å². The van der Waals surface area contributed by atoms with E-state index >= 15 is 0 Å². The Morgan fingerprint density at radius 2 is 2.28 bits per heavy atom. The maximum atomic E-state index is 6.27. The summed E-state index contributed by atoms with van der Waals surface area (Å²) in [5, 5.41) is 0. The first-order chi connectivity index (χ1) is 12.2. The molecule has 2 atom stereocenters. The van der Waals surface area contributed by atoms with Crippen molar-refractivity contribution in [2.45, 2.75) is 51.0 Å². The summed E-state index contributed by atoms with van der Waals surface area (Å²) in [6, 6.07) is 4.01. The van der Waals surface area contributed by atoms with Crippen LogP contribution in [0.3, 0.4) is 0 Å². The van der Waals surface area contributed by atoms with Gasteiger partial charge in [-0.25, -0.2) is 4.98 Å². The zero-order chi connectivity index (χ0) is 17.1. The molecule has 4 heterocycles. The molecule has 2 aliphatic heterocycles. The number of aromatic nitrogens is 2. The highest BCUT2D eigenvalue weighted by Crippen LogP contribution is 2.36. The normalized spacial score (nSPS) is 27.2. The van der Waals surface area contributed by atoms with E-state index in [1.165, 1.54) is 16.9 Å². The van der Waals surface area contributed by atoms with Crippen molar-refractivity contribution in [2.24, 2.45) is 0 Å². The summed E-state index contributed by atoms with van der Waals surface area (Å²) >= 11 is 1.76. The Kier molecular flexibility index (Phi) is 5.12. The molecule has 2 fully saturated rings. The van der Waals surface area contributed by atoms with E-state index in [2.05, 4.69) is 21.8 Å². The van der Waals surface area contributed by atoms with Gasteiger partial charge in [-0.2, -0.15) is 0 Å². The first-order valence-electron chi connectivity index (χ1n) is 8.98. The Morgan fingerprint density at radius 1 is 1.40 bits per heavy atom. The molecule has 25 heavy (non-hydrogen) atoms. The molecule has 5 nitrogen and oxygen atoms in total. The number of thiazole rings is 1. The minimum absolute atomic E-state index is 0.0280. The summed E-state index contributed by atoms with van der Waals surface area (Å²) in [4.78, 5) is 12.3. The van der Waals surface area contributed by atoms with Gasteiger partial charge in [-0.3, -0.25) is 9.88 Å². The largest absolute Gasteiger partial charge is 0.371 e. The summed E-state index contributed by atoms with van der Waals surface area (Å²) in [5.74, 6) is 0.